The molecular formula is C18H21NO4S. The average molecular weight is 347 g/mol. The van der Waals surface area contributed by atoms with Crippen molar-refractivity contribution in [2.45, 2.75) is 26.7 Å². The summed E-state index contributed by atoms with van der Waals surface area (Å²) in [5.41, 5.74) is 1.79. The first-order valence-corrected chi connectivity index (χ1v) is 8.56. The van der Waals surface area contributed by atoms with Gasteiger partial charge >= 0.3 is 5.97 Å². The molecule has 0 spiro atoms. The van der Waals surface area contributed by atoms with Gasteiger partial charge in [0.2, 0.25) is 5.91 Å². The molecule has 1 heterocycles. The fourth-order valence-electron chi connectivity index (χ4n) is 2.30. The lowest BCUT2D eigenvalue weighted by atomic mass is 10.1. The van der Waals surface area contributed by atoms with Gasteiger partial charge in [-0.2, -0.15) is 0 Å². The van der Waals surface area contributed by atoms with Gasteiger partial charge in [-0.1, -0.05) is 18.2 Å². The van der Waals surface area contributed by atoms with Crippen molar-refractivity contribution in [2.75, 3.05) is 19.0 Å². The smallest absolute Gasteiger partial charge is 0.348 e. The second-order valence-electron chi connectivity index (χ2n) is 5.20. The molecule has 0 aliphatic rings. The van der Waals surface area contributed by atoms with E-state index < -0.39 is 0 Å². The molecular weight excluding hydrogens is 326 g/mol. The van der Waals surface area contributed by atoms with E-state index in [0.717, 1.165) is 16.9 Å². The van der Waals surface area contributed by atoms with Gasteiger partial charge < -0.3 is 14.8 Å². The summed E-state index contributed by atoms with van der Waals surface area (Å²) in [6, 6.07) is 9.43. The molecule has 0 fully saturated rings. The van der Waals surface area contributed by atoms with Gasteiger partial charge in [0.05, 0.1) is 18.7 Å². The lowest BCUT2D eigenvalue weighted by molar-refractivity contribution is -0.116. The van der Waals surface area contributed by atoms with Crippen LogP contribution in [0, 0.1) is 6.92 Å². The second kappa shape index (κ2) is 8.49. The summed E-state index contributed by atoms with van der Waals surface area (Å²) in [5, 5.41) is 3.49. The first-order valence-electron chi connectivity index (χ1n) is 7.74. The van der Waals surface area contributed by atoms with E-state index in [-0.39, 0.29) is 11.9 Å². The quantitative estimate of drug-likeness (QED) is 0.774. The number of thiophene rings is 1. The summed E-state index contributed by atoms with van der Waals surface area (Å²) in [6.45, 7) is 3.92. The third kappa shape index (κ3) is 4.58. The standard InChI is InChI=1S/C18H21NO4S/c1-4-23-18(21)17-12(2)11-16(24-17)19-15(20)10-9-13-7-5-6-8-14(13)22-3/h5-8,11H,4,9-10H2,1-3H3,(H,19,20). The van der Waals surface area contributed by atoms with Crippen LogP contribution >= 0.6 is 11.3 Å². The number of hydrogen-bond donors (Lipinski definition) is 1. The molecule has 1 N–H and O–H groups in total. The van der Waals surface area contributed by atoms with E-state index in [1.165, 1.54) is 11.3 Å². The number of carbonyl (C=O) groups excluding carboxylic acids is 2. The molecule has 0 aliphatic heterocycles. The number of benzene rings is 1. The van der Waals surface area contributed by atoms with Gasteiger partial charge in [-0.05, 0) is 43.5 Å². The van der Waals surface area contributed by atoms with Crippen LogP contribution in [0.15, 0.2) is 30.3 Å². The highest BCUT2D eigenvalue weighted by Crippen LogP contribution is 2.27. The van der Waals surface area contributed by atoms with Crippen molar-refractivity contribution in [1.82, 2.24) is 0 Å². The predicted molar refractivity (Wildman–Crippen MR) is 95.0 cm³/mol. The lowest BCUT2D eigenvalue weighted by Crippen LogP contribution is -2.11. The maximum absolute atomic E-state index is 12.1. The summed E-state index contributed by atoms with van der Waals surface area (Å²) < 4.78 is 10.3. The van der Waals surface area contributed by atoms with Crippen LogP contribution in [0.25, 0.3) is 0 Å². The fraction of sp³-hybridized carbons (Fsp3) is 0.333. The molecule has 24 heavy (non-hydrogen) atoms. The number of nitrogens with one attached hydrogen (secondary N) is 1. The average Bonchev–Trinajstić information content (AvgIpc) is 2.93. The zero-order chi connectivity index (χ0) is 17.5. The summed E-state index contributed by atoms with van der Waals surface area (Å²) >= 11 is 1.23. The molecule has 1 aromatic heterocycles. The first-order chi connectivity index (χ1) is 11.5. The SMILES string of the molecule is CCOC(=O)c1sc(NC(=O)CCc2ccccc2OC)cc1C. The Balaban J connectivity index is 1.95. The molecule has 0 saturated carbocycles. The number of aryl methyl sites for hydroxylation is 2. The normalized spacial score (nSPS) is 10.3. The van der Waals surface area contributed by atoms with Gasteiger partial charge in [-0.3, -0.25) is 4.79 Å². The number of methoxy groups -OCH3 is 1. The third-order valence-electron chi connectivity index (χ3n) is 3.46. The molecule has 6 heteroatoms. The summed E-state index contributed by atoms with van der Waals surface area (Å²) in [7, 11) is 1.62. The van der Waals surface area contributed by atoms with Gasteiger partial charge in [-0.15, -0.1) is 11.3 Å². The summed E-state index contributed by atoms with van der Waals surface area (Å²) in [6.07, 6.45) is 0.928. The van der Waals surface area contributed by atoms with Crippen LogP contribution in [-0.2, 0) is 16.0 Å². The molecule has 1 aromatic carbocycles. The molecule has 0 bridgehead atoms. The van der Waals surface area contributed by atoms with Crippen molar-refractivity contribution in [1.29, 1.82) is 0 Å². The Bertz CT molecular complexity index is 724. The first kappa shape index (κ1) is 18.0. The minimum atomic E-state index is -0.352. The number of rotatable bonds is 7. The minimum Gasteiger partial charge on any atom is -0.496 e. The maximum atomic E-state index is 12.1. The van der Waals surface area contributed by atoms with Gasteiger partial charge in [0, 0.05) is 6.42 Å². The van der Waals surface area contributed by atoms with E-state index in [0.29, 0.717) is 29.3 Å². The van der Waals surface area contributed by atoms with Crippen molar-refractivity contribution in [3.05, 3.63) is 46.3 Å². The lowest BCUT2D eigenvalue weighted by Gasteiger charge is -2.07. The monoisotopic (exact) mass is 347 g/mol. The number of amides is 1. The van der Waals surface area contributed by atoms with E-state index in [9.17, 15) is 9.59 Å². The van der Waals surface area contributed by atoms with E-state index in [1.807, 2.05) is 31.2 Å². The fourth-order valence-corrected chi connectivity index (χ4v) is 3.28. The Kier molecular flexibility index (Phi) is 6.37. The van der Waals surface area contributed by atoms with Gasteiger partial charge in [0.25, 0.3) is 0 Å². The van der Waals surface area contributed by atoms with Crippen molar-refractivity contribution in [3.63, 3.8) is 0 Å². The number of carbonyl (C=O) groups is 2. The van der Waals surface area contributed by atoms with Crippen molar-refractivity contribution in [2.24, 2.45) is 0 Å². The molecule has 128 valence electrons. The largest absolute Gasteiger partial charge is 0.496 e. The van der Waals surface area contributed by atoms with Gasteiger partial charge in [0.1, 0.15) is 10.6 Å². The van der Waals surface area contributed by atoms with E-state index >= 15 is 0 Å². The van der Waals surface area contributed by atoms with Crippen LogP contribution in [-0.4, -0.2) is 25.6 Å². The molecule has 0 aliphatic carbocycles. The van der Waals surface area contributed by atoms with Gasteiger partial charge in [0.15, 0.2) is 0 Å². The van der Waals surface area contributed by atoms with Crippen molar-refractivity contribution >= 4 is 28.2 Å². The van der Waals surface area contributed by atoms with E-state index in [1.54, 1.807) is 20.1 Å². The van der Waals surface area contributed by atoms with E-state index in [4.69, 9.17) is 9.47 Å². The topological polar surface area (TPSA) is 64.6 Å². The Morgan fingerprint density at radius 2 is 2.00 bits per heavy atom. The number of esters is 1. The molecule has 2 aromatic rings. The molecule has 1 amide bonds. The zero-order valence-corrected chi connectivity index (χ0v) is 14.9. The third-order valence-corrected chi connectivity index (χ3v) is 4.59. The molecule has 0 saturated heterocycles. The number of ether oxygens (including phenoxy) is 2. The summed E-state index contributed by atoms with van der Waals surface area (Å²) in [4.78, 5) is 24.5. The molecule has 5 nitrogen and oxygen atoms in total. The van der Waals surface area contributed by atoms with Crippen molar-refractivity contribution in [3.8, 4) is 5.75 Å². The highest BCUT2D eigenvalue weighted by molar-refractivity contribution is 7.18. The predicted octanol–water partition coefficient (Wildman–Crippen LogP) is 3.81. The molecule has 2 rings (SSSR count). The number of hydrogen-bond acceptors (Lipinski definition) is 5. The number of anilines is 1. The van der Waals surface area contributed by atoms with Crippen molar-refractivity contribution < 1.29 is 19.1 Å². The Morgan fingerprint density at radius 1 is 1.25 bits per heavy atom. The van der Waals surface area contributed by atoms with Crippen LogP contribution in [0.1, 0.15) is 34.1 Å². The number of para-hydroxylation sites is 1. The van der Waals surface area contributed by atoms with Crippen LogP contribution in [0.2, 0.25) is 0 Å². The van der Waals surface area contributed by atoms with Crippen LogP contribution in [0.4, 0.5) is 5.00 Å². The van der Waals surface area contributed by atoms with Crippen LogP contribution in [0.3, 0.4) is 0 Å². The molecule has 0 radical (unpaired) electrons. The maximum Gasteiger partial charge on any atom is 0.348 e. The highest BCUT2D eigenvalue weighted by Gasteiger charge is 2.16. The summed E-state index contributed by atoms with van der Waals surface area (Å²) in [5.74, 6) is 0.328. The second-order valence-corrected chi connectivity index (χ2v) is 6.26. The molecule has 0 atom stereocenters. The Hall–Kier alpha value is -2.34. The minimum absolute atomic E-state index is 0.0995. The molecule has 0 unspecified atom stereocenters. The van der Waals surface area contributed by atoms with Gasteiger partial charge in [-0.25, -0.2) is 4.79 Å². The highest BCUT2D eigenvalue weighted by atomic mass is 32.1. The van der Waals surface area contributed by atoms with Crippen LogP contribution in [0.5, 0.6) is 5.75 Å². The van der Waals surface area contributed by atoms with E-state index in [2.05, 4.69) is 5.32 Å². The zero-order valence-electron chi connectivity index (χ0n) is 14.0. The van der Waals surface area contributed by atoms with Crippen LogP contribution < -0.4 is 10.1 Å². The Morgan fingerprint density at radius 3 is 2.71 bits per heavy atom. The Labute approximate surface area is 145 Å².